The number of aromatic nitrogens is 3. The Balaban J connectivity index is 1.55. The predicted molar refractivity (Wildman–Crippen MR) is 133 cm³/mol. The van der Waals surface area contributed by atoms with Crippen LogP contribution < -0.4 is 11.1 Å². The minimum atomic E-state index is -0.526. The number of nitrogens with one attached hydrogen (secondary N) is 1. The molecule has 176 valence electrons. The first-order valence-electron chi connectivity index (χ1n) is 12.3. The summed E-state index contributed by atoms with van der Waals surface area (Å²) in [6, 6.07) is 6.52. The Morgan fingerprint density at radius 1 is 1.17 bits per heavy atom. The van der Waals surface area contributed by atoms with Crippen LogP contribution in [0.25, 0.3) is 32.9 Å². The Labute approximate surface area is 201 Å². The van der Waals surface area contributed by atoms with Crippen LogP contribution in [0.2, 0.25) is 0 Å². The highest BCUT2D eigenvalue weighted by Crippen LogP contribution is 2.57. The number of piperidine rings is 1. The first-order valence-corrected chi connectivity index (χ1v) is 12.3. The van der Waals surface area contributed by atoms with Gasteiger partial charge in [-0.05, 0) is 67.8 Å². The lowest BCUT2D eigenvalue weighted by Crippen LogP contribution is -2.14. The number of nitrogen functional groups attached to an aromatic ring is 1. The van der Waals surface area contributed by atoms with Crippen LogP contribution in [-0.4, -0.2) is 27.9 Å². The minimum Gasteiger partial charge on any atom is -0.399 e. The molecule has 35 heavy (non-hydrogen) atoms. The van der Waals surface area contributed by atoms with E-state index in [0.29, 0.717) is 51.7 Å². The van der Waals surface area contributed by atoms with Crippen molar-refractivity contribution < 1.29 is 8.78 Å². The summed E-state index contributed by atoms with van der Waals surface area (Å²) in [5, 5.41) is 10.4. The van der Waals surface area contributed by atoms with Gasteiger partial charge >= 0.3 is 0 Å². The molecule has 1 aliphatic heterocycles. The maximum atomic E-state index is 16.6. The van der Waals surface area contributed by atoms with Gasteiger partial charge in [0.2, 0.25) is 0 Å². The van der Waals surface area contributed by atoms with Gasteiger partial charge in [0.05, 0.1) is 23.0 Å². The first kappa shape index (κ1) is 20.8. The lowest BCUT2D eigenvalue weighted by molar-refractivity contribution is 0.593. The highest BCUT2D eigenvalue weighted by atomic mass is 19.1. The lowest BCUT2D eigenvalue weighted by Gasteiger charge is -2.14. The Morgan fingerprint density at radius 3 is 2.63 bits per heavy atom. The number of anilines is 1. The van der Waals surface area contributed by atoms with Crippen LogP contribution in [0.4, 0.5) is 14.5 Å². The molecule has 3 fully saturated rings. The number of aryl methyl sites for hydroxylation is 1. The van der Waals surface area contributed by atoms with E-state index in [1.807, 2.05) is 11.6 Å². The highest BCUT2D eigenvalue weighted by molar-refractivity contribution is 6.03. The number of fused-ring (bicyclic) bond motifs is 3. The van der Waals surface area contributed by atoms with Crippen LogP contribution in [0.15, 0.2) is 24.3 Å². The second-order valence-electron chi connectivity index (χ2n) is 10.1. The molecule has 0 radical (unpaired) electrons. The van der Waals surface area contributed by atoms with Gasteiger partial charge < -0.3 is 11.1 Å². The van der Waals surface area contributed by atoms with Gasteiger partial charge in [-0.2, -0.15) is 5.10 Å². The Kier molecular flexibility index (Phi) is 4.32. The molecule has 3 aliphatic rings. The molecule has 2 aromatic heterocycles. The lowest BCUT2D eigenvalue weighted by atomic mass is 9.94. The fourth-order valence-electron chi connectivity index (χ4n) is 6.17. The third-order valence-corrected chi connectivity index (χ3v) is 8.01. The average molecular weight is 470 g/mol. The van der Waals surface area contributed by atoms with Crippen LogP contribution in [0.3, 0.4) is 0 Å². The van der Waals surface area contributed by atoms with Crippen molar-refractivity contribution in [2.75, 3.05) is 18.8 Å². The van der Waals surface area contributed by atoms with Crippen molar-refractivity contribution in [2.24, 2.45) is 11.8 Å². The third kappa shape index (κ3) is 2.90. The molecule has 3 N–H and O–H groups in total. The summed E-state index contributed by atoms with van der Waals surface area (Å²) in [4.78, 5) is 4.85. The summed E-state index contributed by atoms with van der Waals surface area (Å²) in [5.74, 6) is 2.97. The van der Waals surface area contributed by atoms with Gasteiger partial charge in [0, 0.05) is 27.9 Å². The summed E-state index contributed by atoms with van der Waals surface area (Å²) >= 11 is 0. The molecule has 0 spiro atoms. The molecule has 5 nitrogen and oxygen atoms in total. The Hall–Kier alpha value is -3.50. The Bertz CT molecular complexity index is 1580. The normalized spacial score (nSPS) is 23.1. The van der Waals surface area contributed by atoms with E-state index in [1.165, 1.54) is 6.07 Å². The van der Waals surface area contributed by atoms with Crippen LogP contribution in [0, 0.1) is 35.8 Å². The molecule has 2 aromatic carbocycles. The van der Waals surface area contributed by atoms with Crippen molar-refractivity contribution in [1.29, 1.82) is 0 Å². The summed E-state index contributed by atoms with van der Waals surface area (Å²) < 4.78 is 33.2. The zero-order valence-electron chi connectivity index (χ0n) is 19.4. The van der Waals surface area contributed by atoms with Crippen molar-refractivity contribution in [3.63, 3.8) is 0 Å². The molecular weight excluding hydrogens is 444 g/mol. The van der Waals surface area contributed by atoms with Crippen molar-refractivity contribution in [1.82, 2.24) is 20.1 Å². The molecule has 7 rings (SSSR count). The molecule has 0 amide bonds. The SMILES string of the molecule is C#Cc1c(F)ccc2cc(N)cc(-c3nc(CC)c4c(C5[C@H]6CNC[C@@H]56)nn(C5CC5)c4c3F)c12. The molecular formula is C28H25F2N5. The van der Waals surface area contributed by atoms with Gasteiger partial charge in [-0.3, -0.25) is 4.68 Å². The van der Waals surface area contributed by atoms with E-state index >= 15 is 4.39 Å². The van der Waals surface area contributed by atoms with Crippen molar-refractivity contribution in [3.05, 3.63) is 52.9 Å². The van der Waals surface area contributed by atoms with Crippen molar-refractivity contribution in [3.8, 4) is 23.6 Å². The molecule has 0 bridgehead atoms. The molecule has 2 aliphatic carbocycles. The smallest absolute Gasteiger partial charge is 0.175 e. The first-order chi connectivity index (χ1) is 17.0. The zero-order valence-corrected chi connectivity index (χ0v) is 19.4. The number of hydrogen-bond donors (Lipinski definition) is 2. The second-order valence-corrected chi connectivity index (χ2v) is 10.1. The predicted octanol–water partition coefficient (Wildman–Crippen LogP) is 4.92. The Morgan fingerprint density at radius 2 is 1.94 bits per heavy atom. The number of halogens is 2. The molecule has 3 atom stereocenters. The maximum Gasteiger partial charge on any atom is 0.175 e. The monoisotopic (exact) mass is 469 g/mol. The standard InChI is InChI=1S/C28H25F2N5/c1-3-16-20(29)8-5-13-9-14(31)10-17(22(13)16)26-25(30)28-24(21(4-2)33-26)27(34-35(28)15-6-7-15)23-18-11-32-12-19(18)23/h1,5,8-10,15,18-19,23,32H,4,6-7,11-12,31H2,2H3/t18-,19+,23?. The van der Waals surface area contributed by atoms with Gasteiger partial charge in [-0.25, -0.2) is 13.8 Å². The van der Waals surface area contributed by atoms with Crippen LogP contribution in [-0.2, 0) is 6.42 Å². The third-order valence-electron chi connectivity index (χ3n) is 8.01. The fraction of sp³-hybridized carbons (Fsp3) is 0.357. The second kappa shape index (κ2) is 7.25. The summed E-state index contributed by atoms with van der Waals surface area (Å²) in [6.07, 6.45) is 8.30. The fourth-order valence-corrected chi connectivity index (χ4v) is 6.17. The van der Waals surface area contributed by atoms with E-state index in [4.69, 9.17) is 22.2 Å². The van der Waals surface area contributed by atoms with Gasteiger partial charge in [0.15, 0.2) is 5.82 Å². The number of benzene rings is 2. The number of hydrogen-bond acceptors (Lipinski definition) is 4. The molecule has 3 heterocycles. The van der Waals surface area contributed by atoms with Gasteiger partial charge in [0.25, 0.3) is 0 Å². The topological polar surface area (TPSA) is 68.8 Å². The van der Waals surface area contributed by atoms with Crippen molar-refractivity contribution in [2.45, 2.75) is 38.1 Å². The highest BCUT2D eigenvalue weighted by Gasteiger charge is 2.56. The van der Waals surface area contributed by atoms with E-state index in [1.54, 1.807) is 18.2 Å². The number of pyridine rings is 1. The van der Waals surface area contributed by atoms with Crippen LogP contribution in [0.1, 0.15) is 48.7 Å². The minimum absolute atomic E-state index is 0.0894. The van der Waals surface area contributed by atoms with E-state index in [2.05, 4.69) is 11.2 Å². The van der Waals surface area contributed by atoms with Gasteiger partial charge in [-0.1, -0.05) is 18.9 Å². The van der Waals surface area contributed by atoms with E-state index in [0.717, 1.165) is 42.7 Å². The number of terminal acetylenes is 1. The summed E-state index contributed by atoms with van der Waals surface area (Å²) in [5.41, 5.74) is 9.61. The molecule has 4 aromatic rings. The van der Waals surface area contributed by atoms with Crippen LogP contribution in [0.5, 0.6) is 0 Å². The summed E-state index contributed by atoms with van der Waals surface area (Å²) in [6.45, 7) is 4.00. The van der Waals surface area contributed by atoms with Crippen LogP contribution >= 0.6 is 0 Å². The summed E-state index contributed by atoms with van der Waals surface area (Å²) in [7, 11) is 0. The van der Waals surface area contributed by atoms with Gasteiger partial charge in [-0.15, -0.1) is 6.42 Å². The number of nitrogens with zero attached hydrogens (tertiary/aromatic N) is 3. The number of rotatable bonds is 4. The molecule has 2 saturated carbocycles. The quantitative estimate of drug-likeness (QED) is 0.329. The molecule has 1 saturated heterocycles. The van der Waals surface area contributed by atoms with E-state index < -0.39 is 11.6 Å². The number of nitrogens with two attached hydrogens (primary N) is 1. The molecule has 1 unspecified atom stereocenters. The zero-order chi connectivity index (χ0) is 24.0. The van der Waals surface area contributed by atoms with Crippen molar-refractivity contribution >= 4 is 27.4 Å². The largest absolute Gasteiger partial charge is 0.399 e. The van der Waals surface area contributed by atoms with E-state index in [9.17, 15) is 4.39 Å². The van der Waals surface area contributed by atoms with Gasteiger partial charge in [0.1, 0.15) is 17.0 Å². The molecule has 7 heteroatoms. The maximum absolute atomic E-state index is 16.6. The van der Waals surface area contributed by atoms with E-state index in [-0.39, 0.29) is 17.3 Å². The average Bonchev–Trinajstić information content (AvgIpc) is 3.73.